The molecule has 1 N–H and O–H groups in total. The molecule has 1 aromatic rings. The Morgan fingerprint density at radius 1 is 1.29 bits per heavy atom. The van der Waals surface area contributed by atoms with Gasteiger partial charge >= 0.3 is 0 Å². The van der Waals surface area contributed by atoms with Crippen LogP contribution in [0.25, 0.3) is 5.57 Å². The normalized spacial score (nSPS) is 28.4. The molecule has 2 heterocycles. The van der Waals surface area contributed by atoms with Crippen LogP contribution in [0, 0.1) is 18.8 Å². The van der Waals surface area contributed by atoms with Crippen molar-refractivity contribution in [1.82, 2.24) is 10.3 Å². The predicted molar refractivity (Wildman–Crippen MR) is 70.7 cm³/mol. The number of piperidine rings is 1. The zero-order valence-corrected chi connectivity index (χ0v) is 10.4. The number of hydrogen-bond acceptors (Lipinski definition) is 2. The van der Waals surface area contributed by atoms with Gasteiger partial charge in [-0.25, -0.2) is 0 Å². The molecule has 1 aliphatic heterocycles. The molecule has 90 valence electrons. The Bertz CT molecular complexity index is 436. The second-order valence-corrected chi connectivity index (χ2v) is 5.43. The second-order valence-electron chi connectivity index (χ2n) is 5.43. The summed E-state index contributed by atoms with van der Waals surface area (Å²) in [7, 11) is 0. The van der Waals surface area contributed by atoms with Crippen LogP contribution >= 0.6 is 0 Å². The summed E-state index contributed by atoms with van der Waals surface area (Å²) in [6.45, 7) is 4.52. The molecule has 0 amide bonds. The number of pyridine rings is 1. The average molecular weight is 228 g/mol. The fourth-order valence-corrected chi connectivity index (χ4v) is 3.15. The van der Waals surface area contributed by atoms with E-state index >= 15 is 0 Å². The van der Waals surface area contributed by atoms with Gasteiger partial charge in [-0.3, -0.25) is 4.98 Å². The summed E-state index contributed by atoms with van der Waals surface area (Å²) in [5.41, 5.74) is 4.09. The average Bonchev–Trinajstić information content (AvgIpc) is 2.38. The Balaban J connectivity index is 1.82. The van der Waals surface area contributed by atoms with Gasteiger partial charge in [-0.2, -0.15) is 0 Å². The quantitative estimate of drug-likeness (QED) is 0.799. The molecule has 2 heteroatoms. The van der Waals surface area contributed by atoms with Gasteiger partial charge in [-0.05, 0) is 73.9 Å². The lowest BCUT2D eigenvalue weighted by Gasteiger charge is -2.35. The summed E-state index contributed by atoms with van der Waals surface area (Å²) in [6.07, 6.45) is 10.2. The van der Waals surface area contributed by atoms with E-state index in [0.717, 1.165) is 11.8 Å². The number of allylic oxidation sites excluding steroid dienone is 2. The minimum Gasteiger partial charge on any atom is -0.316 e. The largest absolute Gasteiger partial charge is 0.316 e. The van der Waals surface area contributed by atoms with Crippen LogP contribution in [-0.2, 0) is 0 Å². The van der Waals surface area contributed by atoms with Gasteiger partial charge in [0.15, 0.2) is 0 Å². The number of aryl methyl sites for hydroxylation is 1. The van der Waals surface area contributed by atoms with Crippen LogP contribution in [0.1, 0.15) is 30.4 Å². The van der Waals surface area contributed by atoms with Crippen molar-refractivity contribution in [3.05, 3.63) is 35.7 Å². The highest BCUT2D eigenvalue weighted by Gasteiger charge is 2.28. The van der Waals surface area contributed by atoms with Gasteiger partial charge in [0.1, 0.15) is 0 Å². The van der Waals surface area contributed by atoms with Crippen molar-refractivity contribution in [1.29, 1.82) is 0 Å². The first kappa shape index (κ1) is 11.0. The number of aromatic nitrogens is 1. The number of nitrogens with zero attached hydrogens (tertiary/aromatic N) is 1. The minimum absolute atomic E-state index is 0.837. The summed E-state index contributed by atoms with van der Waals surface area (Å²) >= 11 is 0. The molecule has 1 fully saturated rings. The maximum Gasteiger partial charge on any atom is 0.0343 e. The third-order valence-electron chi connectivity index (χ3n) is 4.16. The van der Waals surface area contributed by atoms with Crippen molar-refractivity contribution < 1.29 is 0 Å². The van der Waals surface area contributed by atoms with Crippen LogP contribution in [0.15, 0.2) is 24.5 Å². The molecular weight excluding hydrogens is 208 g/mol. The Morgan fingerprint density at radius 3 is 3.12 bits per heavy atom. The molecule has 2 atom stereocenters. The fraction of sp³-hybridized carbons (Fsp3) is 0.533. The summed E-state index contributed by atoms with van der Waals surface area (Å²) in [5.74, 6) is 1.75. The maximum absolute atomic E-state index is 4.31. The first-order valence-corrected chi connectivity index (χ1v) is 6.65. The van der Waals surface area contributed by atoms with Crippen molar-refractivity contribution in [2.45, 2.75) is 26.2 Å². The number of fused-ring (bicyclic) bond motifs is 1. The fourth-order valence-electron chi connectivity index (χ4n) is 3.15. The molecule has 1 aliphatic carbocycles. The molecule has 1 saturated heterocycles. The third kappa shape index (κ3) is 2.27. The Labute approximate surface area is 103 Å². The lowest BCUT2D eigenvalue weighted by molar-refractivity contribution is 0.252. The van der Waals surface area contributed by atoms with E-state index in [1.807, 2.05) is 12.4 Å². The van der Waals surface area contributed by atoms with Crippen molar-refractivity contribution in [2.24, 2.45) is 11.8 Å². The van der Waals surface area contributed by atoms with Crippen molar-refractivity contribution in [2.75, 3.05) is 13.1 Å². The SMILES string of the molecule is Cc1cncc(C2=CCC3CCNCC3C2)c1. The lowest BCUT2D eigenvalue weighted by atomic mass is 9.75. The van der Waals surface area contributed by atoms with Crippen LogP contribution in [0.2, 0.25) is 0 Å². The lowest BCUT2D eigenvalue weighted by Crippen LogP contribution is -2.37. The Morgan fingerprint density at radius 2 is 2.24 bits per heavy atom. The first-order chi connectivity index (χ1) is 8.33. The van der Waals surface area contributed by atoms with Crippen LogP contribution in [0.4, 0.5) is 0 Å². The molecule has 1 aromatic heterocycles. The highest BCUT2D eigenvalue weighted by molar-refractivity contribution is 5.66. The van der Waals surface area contributed by atoms with Gasteiger partial charge in [0, 0.05) is 12.4 Å². The van der Waals surface area contributed by atoms with E-state index in [0.29, 0.717) is 0 Å². The molecular formula is C15H20N2. The summed E-state index contributed by atoms with van der Waals surface area (Å²) in [5, 5.41) is 3.52. The molecule has 3 rings (SSSR count). The van der Waals surface area contributed by atoms with Crippen LogP contribution in [0.5, 0.6) is 0 Å². The van der Waals surface area contributed by atoms with Crippen LogP contribution in [-0.4, -0.2) is 18.1 Å². The number of rotatable bonds is 1. The topological polar surface area (TPSA) is 24.9 Å². The highest BCUT2D eigenvalue weighted by Crippen LogP contribution is 2.37. The van der Waals surface area contributed by atoms with E-state index in [1.54, 1.807) is 0 Å². The monoisotopic (exact) mass is 228 g/mol. The van der Waals surface area contributed by atoms with Crippen molar-refractivity contribution in [3.63, 3.8) is 0 Å². The maximum atomic E-state index is 4.31. The summed E-state index contributed by atoms with van der Waals surface area (Å²) in [6, 6.07) is 2.26. The smallest absolute Gasteiger partial charge is 0.0343 e. The van der Waals surface area contributed by atoms with E-state index in [-0.39, 0.29) is 0 Å². The predicted octanol–water partition coefficient (Wildman–Crippen LogP) is 2.79. The van der Waals surface area contributed by atoms with E-state index in [4.69, 9.17) is 0 Å². The molecule has 2 unspecified atom stereocenters. The standard InChI is InChI=1S/C15H20N2/c1-11-6-14(10-17-8-11)13-3-2-12-4-5-16-9-15(12)7-13/h3,6,8,10,12,15-16H,2,4-5,7,9H2,1H3. The molecule has 17 heavy (non-hydrogen) atoms. The molecule has 0 bridgehead atoms. The van der Waals surface area contributed by atoms with E-state index in [9.17, 15) is 0 Å². The summed E-state index contributed by atoms with van der Waals surface area (Å²) in [4.78, 5) is 4.31. The molecule has 2 aliphatic rings. The highest BCUT2D eigenvalue weighted by atomic mass is 14.9. The van der Waals surface area contributed by atoms with Gasteiger partial charge in [-0.15, -0.1) is 0 Å². The molecule has 0 spiro atoms. The third-order valence-corrected chi connectivity index (χ3v) is 4.16. The van der Waals surface area contributed by atoms with E-state index < -0.39 is 0 Å². The van der Waals surface area contributed by atoms with Gasteiger partial charge in [0.25, 0.3) is 0 Å². The van der Waals surface area contributed by atoms with Gasteiger partial charge in [0.2, 0.25) is 0 Å². The van der Waals surface area contributed by atoms with Gasteiger partial charge in [0.05, 0.1) is 0 Å². The Kier molecular flexibility index (Phi) is 2.98. The zero-order chi connectivity index (χ0) is 11.7. The summed E-state index contributed by atoms with van der Waals surface area (Å²) < 4.78 is 0. The Hall–Kier alpha value is -1.15. The van der Waals surface area contributed by atoms with Crippen LogP contribution in [0.3, 0.4) is 0 Å². The molecule has 0 aromatic carbocycles. The zero-order valence-electron chi connectivity index (χ0n) is 10.4. The second kappa shape index (κ2) is 4.61. The van der Waals surface area contributed by atoms with E-state index in [2.05, 4.69) is 29.4 Å². The minimum atomic E-state index is 0.837. The van der Waals surface area contributed by atoms with Crippen LogP contribution < -0.4 is 5.32 Å². The van der Waals surface area contributed by atoms with E-state index in [1.165, 1.54) is 49.1 Å². The number of nitrogens with one attached hydrogen (secondary N) is 1. The van der Waals surface area contributed by atoms with Crippen molar-refractivity contribution in [3.8, 4) is 0 Å². The molecule has 2 nitrogen and oxygen atoms in total. The molecule has 0 saturated carbocycles. The molecule has 0 radical (unpaired) electrons. The van der Waals surface area contributed by atoms with Gasteiger partial charge < -0.3 is 5.32 Å². The first-order valence-electron chi connectivity index (χ1n) is 6.65. The number of hydrogen-bond donors (Lipinski definition) is 1. The van der Waals surface area contributed by atoms with Gasteiger partial charge in [-0.1, -0.05) is 6.08 Å². The van der Waals surface area contributed by atoms with Crippen molar-refractivity contribution >= 4 is 5.57 Å².